The Morgan fingerprint density at radius 2 is 1.56 bits per heavy atom. The first kappa shape index (κ1) is 21.4. The Morgan fingerprint density at radius 1 is 1.25 bits per heavy atom. The minimum Gasteiger partial charge on any atom is -0.358 e. The van der Waals surface area contributed by atoms with Crippen LogP contribution in [0.3, 0.4) is 0 Å². The first-order valence-electron chi connectivity index (χ1n) is 4.37. The average Bonchev–Trinajstić information content (AvgIpc) is 2.03. The number of hydrogen-bond donors (Lipinski definition) is 3. The fraction of sp³-hybridized carbons (Fsp3) is 0.857. The quantitative estimate of drug-likeness (QED) is 0.534. The third-order valence-corrected chi connectivity index (χ3v) is 2.70. The van der Waals surface area contributed by atoms with E-state index in [9.17, 15) is 0 Å². The predicted molar refractivity (Wildman–Crippen MR) is 72.9 cm³/mol. The Labute approximate surface area is 107 Å². The molecule has 16 heavy (non-hydrogen) atoms. The van der Waals surface area contributed by atoms with Crippen molar-refractivity contribution in [1.29, 1.82) is 0 Å². The van der Waals surface area contributed by atoms with Crippen LogP contribution < -0.4 is 6.15 Å². The number of hydrogen-bond acceptors (Lipinski definition) is 5. The van der Waals surface area contributed by atoms with Gasteiger partial charge in [0, 0.05) is 13.1 Å². The van der Waals surface area contributed by atoms with Gasteiger partial charge in [-0.3, -0.25) is 9.11 Å². The van der Waals surface area contributed by atoms with Gasteiger partial charge in [0.25, 0.3) is 0 Å². The van der Waals surface area contributed by atoms with Gasteiger partial charge in [-0.2, -0.15) is 8.42 Å². The Balaban J connectivity index is -0.000000242. The highest BCUT2D eigenvalue weighted by Crippen LogP contribution is 2.07. The van der Waals surface area contributed by atoms with E-state index in [2.05, 4.69) is 25.7 Å². The van der Waals surface area contributed by atoms with E-state index in [1.54, 1.807) is 11.8 Å². The fourth-order valence-electron chi connectivity index (χ4n) is 0.697. The Hall–Kier alpha value is 0.0700. The maximum absolute atomic E-state index is 8.74. The lowest BCUT2D eigenvalue weighted by Crippen LogP contribution is -2.26. The molecule has 0 aliphatic carbocycles. The summed E-state index contributed by atoms with van der Waals surface area (Å²) in [6.07, 6.45) is 0. The van der Waals surface area contributed by atoms with Gasteiger partial charge in [-0.1, -0.05) is 30.9 Å². The number of thiocarbonyl (C=S) groups is 1. The summed E-state index contributed by atoms with van der Waals surface area (Å²) in [5.41, 5.74) is 0. The highest BCUT2D eigenvalue weighted by Gasteiger charge is 2.02. The van der Waals surface area contributed by atoms with Crippen LogP contribution in [-0.4, -0.2) is 45.6 Å². The number of nitrogens with zero attached hydrogens (tertiary/aromatic N) is 1. The highest BCUT2D eigenvalue weighted by molar-refractivity contribution is 8.22. The average molecular weight is 292 g/mol. The molecule has 5 N–H and O–H groups in total. The Kier molecular flexibility index (Phi) is 15.4. The summed E-state index contributed by atoms with van der Waals surface area (Å²) < 4.78 is 32.6. The van der Waals surface area contributed by atoms with Crippen molar-refractivity contribution in [3.05, 3.63) is 0 Å². The number of rotatable bonds is 3. The molecule has 0 aliphatic heterocycles. The van der Waals surface area contributed by atoms with Crippen molar-refractivity contribution in [2.75, 3.05) is 18.8 Å². The normalized spacial score (nSPS) is 9.56. The summed E-state index contributed by atoms with van der Waals surface area (Å²) in [4.78, 5) is 2.20. The first-order valence-corrected chi connectivity index (χ1v) is 7.16. The summed E-state index contributed by atoms with van der Waals surface area (Å²) >= 11 is 6.91. The van der Waals surface area contributed by atoms with Crippen molar-refractivity contribution in [3.8, 4) is 0 Å². The van der Waals surface area contributed by atoms with Gasteiger partial charge in [0.05, 0.1) is 0 Å². The molecule has 0 spiro atoms. The van der Waals surface area contributed by atoms with Gasteiger partial charge in [-0.05, 0) is 19.6 Å². The summed E-state index contributed by atoms with van der Waals surface area (Å²) in [5.74, 6) is 1.08. The largest absolute Gasteiger partial charge is 0.394 e. The van der Waals surface area contributed by atoms with E-state index in [1.807, 2.05) is 0 Å². The van der Waals surface area contributed by atoms with Crippen LogP contribution in [-0.2, 0) is 10.4 Å². The van der Waals surface area contributed by atoms with Crippen molar-refractivity contribution in [2.45, 2.75) is 20.8 Å². The minimum absolute atomic E-state index is 0. The summed E-state index contributed by atoms with van der Waals surface area (Å²) in [5, 5.41) is 0. The maximum atomic E-state index is 8.74. The van der Waals surface area contributed by atoms with Crippen molar-refractivity contribution < 1.29 is 17.5 Å². The van der Waals surface area contributed by atoms with E-state index in [0.717, 1.165) is 23.2 Å². The third kappa shape index (κ3) is 19.6. The lowest BCUT2D eigenvalue weighted by atomic mass is 10.6. The van der Waals surface area contributed by atoms with Gasteiger partial charge in [-0.25, -0.2) is 0 Å². The molecule has 0 bridgehead atoms. The highest BCUT2D eigenvalue weighted by atomic mass is 32.3. The van der Waals surface area contributed by atoms with Crippen LogP contribution in [0.25, 0.3) is 0 Å². The van der Waals surface area contributed by atoms with E-state index in [4.69, 9.17) is 29.7 Å². The fourth-order valence-corrected chi connectivity index (χ4v) is 2.00. The molecule has 0 aromatic rings. The molecule has 0 rings (SSSR count). The molecule has 0 saturated heterocycles. The second kappa shape index (κ2) is 11.6. The molecule has 100 valence electrons. The van der Waals surface area contributed by atoms with Crippen LogP contribution >= 0.6 is 24.0 Å². The van der Waals surface area contributed by atoms with Crippen molar-refractivity contribution in [2.24, 2.45) is 0 Å². The van der Waals surface area contributed by atoms with Gasteiger partial charge in [-0.15, -0.1) is 0 Å². The Bertz CT molecular complexity index is 257. The van der Waals surface area contributed by atoms with Gasteiger partial charge in [0.2, 0.25) is 0 Å². The molecule has 0 aromatic carbocycles. The van der Waals surface area contributed by atoms with E-state index < -0.39 is 10.4 Å². The second-order valence-electron chi connectivity index (χ2n) is 2.32. The molecule has 0 heterocycles. The van der Waals surface area contributed by atoms with Crippen LogP contribution in [0.1, 0.15) is 20.8 Å². The smallest absolute Gasteiger partial charge is 0.358 e. The summed E-state index contributed by atoms with van der Waals surface area (Å²) in [7, 11) is -4.67. The minimum atomic E-state index is -4.67. The maximum Gasteiger partial charge on any atom is 0.394 e. The molecule has 9 heteroatoms. The monoisotopic (exact) mass is 292 g/mol. The molecule has 0 unspecified atom stereocenters. The van der Waals surface area contributed by atoms with Crippen LogP contribution in [0.4, 0.5) is 0 Å². The van der Waals surface area contributed by atoms with Gasteiger partial charge >= 0.3 is 10.4 Å². The predicted octanol–water partition coefficient (Wildman–Crippen LogP) is 1.88. The molecule has 0 atom stereocenters. The van der Waals surface area contributed by atoms with E-state index in [1.165, 1.54) is 0 Å². The zero-order chi connectivity index (χ0) is 12.5. The summed E-state index contributed by atoms with van der Waals surface area (Å²) in [6, 6.07) is 0. The van der Waals surface area contributed by atoms with Crippen molar-refractivity contribution in [1.82, 2.24) is 11.1 Å². The van der Waals surface area contributed by atoms with Crippen molar-refractivity contribution >= 4 is 38.7 Å². The topological polar surface area (TPSA) is 113 Å². The molecule has 0 radical (unpaired) electrons. The molecule has 0 fully saturated rings. The van der Waals surface area contributed by atoms with Crippen LogP contribution in [0.2, 0.25) is 0 Å². The standard InChI is InChI=1S/C7H15NS2.H3N.H2O4S/c1-4-8(5-2)7(9)10-6-3;;1-5(2,3)4/h4-6H2,1-3H3;1H3;(H2,1,2,3,4). The van der Waals surface area contributed by atoms with E-state index in [-0.39, 0.29) is 6.15 Å². The van der Waals surface area contributed by atoms with E-state index in [0.29, 0.717) is 0 Å². The Morgan fingerprint density at radius 3 is 1.75 bits per heavy atom. The zero-order valence-electron chi connectivity index (χ0n) is 9.71. The zero-order valence-corrected chi connectivity index (χ0v) is 12.2. The number of thioether (sulfide) groups is 1. The van der Waals surface area contributed by atoms with Gasteiger partial charge in [0.15, 0.2) is 0 Å². The molecule has 0 saturated carbocycles. The molecule has 0 aliphatic rings. The van der Waals surface area contributed by atoms with Crippen molar-refractivity contribution in [3.63, 3.8) is 0 Å². The van der Waals surface area contributed by atoms with E-state index >= 15 is 0 Å². The third-order valence-electron chi connectivity index (χ3n) is 1.29. The lowest BCUT2D eigenvalue weighted by molar-refractivity contribution is 0.381. The second-order valence-corrected chi connectivity index (χ2v) is 5.11. The van der Waals surface area contributed by atoms with Gasteiger partial charge in [0.1, 0.15) is 4.32 Å². The molecular weight excluding hydrogens is 272 g/mol. The molecule has 6 nitrogen and oxygen atoms in total. The first-order chi connectivity index (χ1) is 6.76. The van der Waals surface area contributed by atoms with Crippen LogP contribution in [0, 0.1) is 0 Å². The van der Waals surface area contributed by atoms with Crippen LogP contribution in [0.15, 0.2) is 0 Å². The van der Waals surface area contributed by atoms with Gasteiger partial charge < -0.3 is 11.1 Å². The van der Waals surface area contributed by atoms with Crippen LogP contribution in [0.5, 0.6) is 0 Å². The lowest BCUT2D eigenvalue weighted by Gasteiger charge is -2.20. The molecule has 0 amide bonds. The molecule has 0 aromatic heterocycles. The molecular formula is C7H20N2O4S3. The SMILES string of the molecule is CCSC(=S)N(CC)CC.N.O=S(=O)(O)O. The summed E-state index contributed by atoms with van der Waals surface area (Å²) in [6.45, 7) is 8.45.